The zero-order valence-electron chi connectivity index (χ0n) is 15.9. The Kier molecular flexibility index (Phi) is 9.61. The van der Waals surface area contributed by atoms with Gasteiger partial charge in [-0.2, -0.15) is 0 Å². The summed E-state index contributed by atoms with van der Waals surface area (Å²) < 4.78 is 45.5. The molecule has 1 aliphatic carbocycles. The lowest BCUT2D eigenvalue weighted by Gasteiger charge is -2.47. The lowest BCUT2D eigenvalue weighted by atomic mass is 9.84. The Labute approximate surface area is 144 Å². The Hall–Kier alpha value is -0.320. The highest BCUT2D eigenvalue weighted by Crippen LogP contribution is 2.32. The van der Waals surface area contributed by atoms with Gasteiger partial charge in [0.15, 0.2) is 0 Å². The molecule has 0 unspecified atom stereocenters. The van der Waals surface area contributed by atoms with Crippen LogP contribution in [0, 0.1) is 0 Å². The van der Waals surface area contributed by atoms with Crippen molar-refractivity contribution in [3.8, 4) is 0 Å². The van der Waals surface area contributed by atoms with Gasteiger partial charge in [0.05, 0.1) is 0 Å². The van der Waals surface area contributed by atoms with E-state index in [2.05, 4.69) is 0 Å². The topological polar surface area (TPSA) is 73.8 Å². The van der Waals surface area contributed by atoms with E-state index in [0.717, 1.165) is 0 Å². The summed E-state index contributed by atoms with van der Waals surface area (Å²) in [5, 5.41) is 0. The standard InChI is InChI=1S/C16H32O8/c1-17-9-10(18-2)12(20-4)14(22-6)16(24-8)15(23-7)13(21-5)11(9)19-3/h9-16H,1-8H3. The largest absolute Gasteiger partial charge is 0.376 e. The molecule has 8 heteroatoms. The quantitative estimate of drug-likeness (QED) is 0.610. The maximum Gasteiger partial charge on any atom is 0.115 e. The van der Waals surface area contributed by atoms with Crippen LogP contribution in [0.5, 0.6) is 0 Å². The summed E-state index contributed by atoms with van der Waals surface area (Å²) in [5.41, 5.74) is 0. The first-order valence-corrected chi connectivity index (χ1v) is 7.82. The van der Waals surface area contributed by atoms with Crippen LogP contribution in [0.4, 0.5) is 0 Å². The number of ether oxygens (including phenoxy) is 8. The van der Waals surface area contributed by atoms with Crippen LogP contribution in [0.15, 0.2) is 0 Å². The Morgan fingerprint density at radius 2 is 0.333 bits per heavy atom. The van der Waals surface area contributed by atoms with E-state index >= 15 is 0 Å². The molecule has 0 aromatic heterocycles. The molecule has 1 aliphatic rings. The normalized spacial score (nSPS) is 41.0. The van der Waals surface area contributed by atoms with E-state index in [0.29, 0.717) is 0 Å². The van der Waals surface area contributed by atoms with E-state index in [-0.39, 0.29) is 0 Å². The molecule has 1 fully saturated rings. The fourth-order valence-electron chi connectivity index (χ4n) is 3.64. The smallest absolute Gasteiger partial charge is 0.115 e. The molecule has 0 N–H and O–H groups in total. The third-order valence-electron chi connectivity index (χ3n) is 4.77. The molecule has 1 saturated carbocycles. The summed E-state index contributed by atoms with van der Waals surface area (Å²) >= 11 is 0. The van der Waals surface area contributed by atoms with Crippen LogP contribution >= 0.6 is 0 Å². The van der Waals surface area contributed by atoms with Crippen molar-refractivity contribution in [1.82, 2.24) is 0 Å². The van der Waals surface area contributed by atoms with Crippen LogP contribution in [0.1, 0.15) is 0 Å². The van der Waals surface area contributed by atoms with E-state index in [9.17, 15) is 0 Å². The van der Waals surface area contributed by atoms with E-state index < -0.39 is 48.8 Å². The fourth-order valence-corrected chi connectivity index (χ4v) is 3.64. The van der Waals surface area contributed by atoms with Crippen LogP contribution in [-0.4, -0.2) is 106 Å². The predicted octanol–water partition coefficient (Wildman–Crippen LogP) is 0.120. The zero-order chi connectivity index (χ0) is 18.3. The van der Waals surface area contributed by atoms with Crippen LogP contribution in [0.25, 0.3) is 0 Å². The summed E-state index contributed by atoms with van der Waals surface area (Å²) in [4.78, 5) is 0. The molecular formula is C16H32O8. The van der Waals surface area contributed by atoms with Gasteiger partial charge >= 0.3 is 0 Å². The molecule has 0 heterocycles. The molecule has 8 nitrogen and oxygen atoms in total. The van der Waals surface area contributed by atoms with Gasteiger partial charge in [-0.05, 0) is 0 Å². The molecule has 0 amide bonds. The van der Waals surface area contributed by atoms with E-state index in [1.807, 2.05) is 0 Å². The van der Waals surface area contributed by atoms with Crippen molar-refractivity contribution in [2.45, 2.75) is 48.8 Å². The average Bonchev–Trinajstić information content (AvgIpc) is 2.61. The van der Waals surface area contributed by atoms with Gasteiger partial charge in [0.2, 0.25) is 0 Å². The second-order valence-corrected chi connectivity index (χ2v) is 5.60. The molecule has 0 saturated heterocycles. The minimum absolute atomic E-state index is 0.456. The van der Waals surface area contributed by atoms with Crippen molar-refractivity contribution >= 4 is 0 Å². The minimum atomic E-state index is -0.456. The van der Waals surface area contributed by atoms with E-state index in [4.69, 9.17) is 37.9 Å². The highest BCUT2D eigenvalue weighted by atomic mass is 16.6. The monoisotopic (exact) mass is 352 g/mol. The van der Waals surface area contributed by atoms with Gasteiger partial charge in [-0.1, -0.05) is 0 Å². The zero-order valence-corrected chi connectivity index (χ0v) is 15.9. The van der Waals surface area contributed by atoms with Gasteiger partial charge in [-0.15, -0.1) is 0 Å². The second-order valence-electron chi connectivity index (χ2n) is 5.60. The van der Waals surface area contributed by atoms with Crippen molar-refractivity contribution in [2.24, 2.45) is 0 Å². The van der Waals surface area contributed by atoms with Crippen LogP contribution < -0.4 is 0 Å². The van der Waals surface area contributed by atoms with Gasteiger partial charge in [0, 0.05) is 56.9 Å². The molecule has 0 aromatic rings. The van der Waals surface area contributed by atoms with E-state index in [1.54, 1.807) is 56.9 Å². The summed E-state index contributed by atoms with van der Waals surface area (Å²) in [7, 11) is 12.8. The number of hydrogen-bond donors (Lipinski definition) is 0. The lowest BCUT2D eigenvalue weighted by molar-refractivity contribution is -0.257. The van der Waals surface area contributed by atoms with Gasteiger partial charge in [-0.3, -0.25) is 0 Å². The Morgan fingerprint density at radius 3 is 0.375 bits per heavy atom. The summed E-state index contributed by atoms with van der Waals surface area (Å²) in [6.45, 7) is 0. The highest BCUT2D eigenvalue weighted by molar-refractivity contribution is 5.03. The van der Waals surface area contributed by atoms with Crippen LogP contribution in [-0.2, 0) is 37.9 Å². The maximum atomic E-state index is 5.69. The predicted molar refractivity (Wildman–Crippen MR) is 86.4 cm³/mol. The lowest BCUT2D eigenvalue weighted by Crippen LogP contribution is -2.66. The van der Waals surface area contributed by atoms with Crippen molar-refractivity contribution in [3.05, 3.63) is 0 Å². The first-order valence-electron chi connectivity index (χ1n) is 7.82. The molecule has 0 spiro atoms. The van der Waals surface area contributed by atoms with Crippen LogP contribution in [0.3, 0.4) is 0 Å². The van der Waals surface area contributed by atoms with Gasteiger partial charge in [-0.25, -0.2) is 0 Å². The third-order valence-corrected chi connectivity index (χ3v) is 4.77. The molecule has 0 aliphatic heterocycles. The second kappa shape index (κ2) is 10.6. The Bertz CT molecular complexity index is 230. The van der Waals surface area contributed by atoms with Crippen LogP contribution in [0.2, 0.25) is 0 Å². The molecular weight excluding hydrogens is 320 g/mol. The average molecular weight is 352 g/mol. The molecule has 0 atom stereocenters. The van der Waals surface area contributed by atoms with Crippen molar-refractivity contribution in [3.63, 3.8) is 0 Å². The number of methoxy groups -OCH3 is 8. The fraction of sp³-hybridized carbons (Fsp3) is 1.00. The maximum absolute atomic E-state index is 5.69. The van der Waals surface area contributed by atoms with Gasteiger partial charge < -0.3 is 37.9 Å². The summed E-state index contributed by atoms with van der Waals surface area (Å²) in [5.74, 6) is 0. The Balaban J connectivity index is 3.45. The van der Waals surface area contributed by atoms with Crippen molar-refractivity contribution in [2.75, 3.05) is 56.9 Å². The van der Waals surface area contributed by atoms with Gasteiger partial charge in [0.25, 0.3) is 0 Å². The summed E-state index contributed by atoms with van der Waals surface area (Å²) in [6.07, 6.45) is -3.64. The molecule has 1 rings (SSSR count). The molecule has 0 aromatic carbocycles. The first-order chi connectivity index (χ1) is 11.6. The molecule has 144 valence electrons. The van der Waals surface area contributed by atoms with Gasteiger partial charge in [0.1, 0.15) is 48.8 Å². The highest BCUT2D eigenvalue weighted by Gasteiger charge is 2.53. The SMILES string of the molecule is COC1C(OC)C(OC)C(OC)C(OC)C(OC)C(OC)C1OC. The first kappa shape index (κ1) is 21.7. The number of hydrogen-bond acceptors (Lipinski definition) is 8. The minimum Gasteiger partial charge on any atom is -0.376 e. The van der Waals surface area contributed by atoms with Crippen molar-refractivity contribution < 1.29 is 37.9 Å². The molecule has 0 radical (unpaired) electrons. The third kappa shape index (κ3) is 4.08. The summed E-state index contributed by atoms with van der Waals surface area (Å²) in [6, 6.07) is 0. The molecule has 0 bridgehead atoms. The van der Waals surface area contributed by atoms with Crippen molar-refractivity contribution in [1.29, 1.82) is 0 Å². The Morgan fingerprint density at radius 1 is 0.250 bits per heavy atom. The number of rotatable bonds is 8. The molecule has 24 heavy (non-hydrogen) atoms. The van der Waals surface area contributed by atoms with E-state index in [1.165, 1.54) is 0 Å².